The van der Waals surface area contributed by atoms with Crippen molar-refractivity contribution in [2.45, 2.75) is 12.7 Å². The number of amides is 1. The smallest absolute Gasteiger partial charge is 0.433 e. The first-order valence-corrected chi connectivity index (χ1v) is 7.80. The fourth-order valence-electron chi connectivity index (χ4n) is 2.44. The first-order chi connectivity index (χ1) is 12.4. The Kier molecular flexibility index (Phi) is 5.10. The van der Waals surface area contributed by atoms with Crippen LogP contribution < -0.4 is 10.5 Å². The molecule has 1 saturated heterocycles. The molecule has 0 radical (unpaired) electrons. The third-order valence-electron chi connectivity index (χ3n) is 3.73. The number of ether oxygens (including phenoxy) is 2. The van der Waals surface area contributed by atoms with E-state index in [1.807, 2.05) is 0 Å². The normalized spacial score (nSPS) is 14.5. The molecule has 0 atom stereocenters. The van der Waals surface area contributed by atoms with Crippen LogP contribution in [-0.4, -0.2) is 35.7 Å². The van der Waals surface area contributed by atoms with E-state index < -0.39 is 11.9 Å². The van der Waals surface area contributed by atoms with E-state index in [1.54, 1.807) is 12.1 Å². The molecule has 2 heterocycles. The molecule has 138 valence electrons. The van der Waals surface area contributed by atoms with Gasteiger partial charge in [-0.1, -0.05) is 6.07 Å². The molecule has 1 aromatic heterocycles. The Morgan fingerprint density at radius 1 is 1.31 bits per heavy atom. The fourth-order valence-corrected chi connectivity index (χ4v) is 2.44. The highest BCUT2D eigenvalue weighted by Gasteiger charge is 2.33. The summed E-state index contributed by atoms with van der Waals surface area (Å²) in [6.07, 6.45) is -4.61. The van der Waals surface area contributed by atoms with E-state index >= 15 is 0 Å². The largest absolute Gasteiger partial charge is 0.439 e. The van der Waals surface area contributed by atoms with Gasteiger partial charge in [-0.25, -0.2) is 4.98 Å². The molecule has 1 aromatic carbocycles. The fraction of sp³-hybridized carbons (Fsp3) is 0.294. The van der Waals surface area contributed by atoms with Crippen molar-refractivity contribution in [2.75, 3.05) is 19.9 Å². The molecule has 0 unspecified atom stereocenters. The Labute approximate surface area is 147 Å². The zero-order chi connectivity index (χ0) is 18.7. The SMILES string of the molecule is NCc1cc(Oc2cccc(C(=O)N3CCOC3)c2)nc(C(F)(F)F)c1. The minimum Gasteiger partial charge on any atom is -0.439 e. The monoisotopic (exact) mass is 367 g/mol. The lowest BCUT2D eigenvalue weighted by atomic mass is 10.2. The summed E-state index contributed by atoms with van der Waals surface area (Å²) in [5.41, 5.74) is 4.94. The van der Waals surface area contributed by atoms with Gasteiger partial charge in [-0.3, -0.25) is 4.79 Å². The van der Waals surface area contributed by atoms with Crippen molar-refractivity contribution in [3.63, 3.8) is 0 Å². The third-order valence-corrected chi connectivity index (χ3v) is 3.73. The summed E-state index contributed by atoms with van der Waals surface area (Å²) < 4.78 is 49.4. The Balaban J connectivity index is 1.85. The lowest BCUT2D eigenvalue weighted by molar-refractivity contribution is -0.141. The minimum absolute atomic E-state index is 0.0879. The molecule has 0 bridgehead atoms. The molecule has 3 rings (SSSR count). The van der Waals surface area contributed by atoms with Crippen LogP contribution in [0.5, 0.6) is 11.6 Å². The molecule has 0 saturated carbocycles. The second-order valence-corrected chi connectivity index (χ2v) is 5.64. The van der Waals surface area contributed by atoms with Gasteiger partial charge in [0.2, 0.25) is 5.88 Å². The number of alkyl halides is 3. The maximum Gasteiger partial charge on any atom is 0.433 e. The molecular weight excluding hydrogens is 351 g/mol. The second kappa shape index (κ2) is 7.30. The summed E-state index contributed by atoms with van der Waals surface area (Å²) in [5, 5.41) is 0. The molecule has 2 aromatic rings. The van der Waals surface area contributed by atoms with Gasteiger partial charge in [0.25, 0.3) is 5.91 Å². The Morgan fingerprint density at radius 2 is 2.12 bits per heavy atom. The van der Waals surface area contributed by atoms with Gasteiger partial charge in [0, 0.05) is 24.7 Å². The second-order valence-electron chi connectivity index (χ2n) is 5.64. The highest BCUT2D eigenvalue weighted by atomic mass is 19.4. The number of halogens is 3. The first kappa shape index (κ1) is 18.2. The Morgan fingerprint density at radius 3 is 2.77 bits per heavy atom. The molecule has 2 N–H and O–H groups in total. The lowest BCUT2D eigenvalue weighted by Crippen LogP contribution is -2.28. The van der Waals surface area contributed by atoms with Crippen LogP contribution in [0.1, 0.15) is 21.6 Å². The van der Waals surface area contributed by atoms with Crippen LogP contribution in [0, 0.1) is 0 Å². The number of pyridine rings is 1. The summed E-state index contributed by atoms with van der Waals surface area (Å²) >= 11 is 0. The van der Waals surface area contributed by atoms with Crippen LogP contribution >= 0.6 is 0 Å². The van der Waals surface area contributed by atoms with E-state index in [0.717, 1.165) is 6.07 Å². The summed E-state index contributed by atoms with van der Waals surface area (Å²) in [6.45, 7) is 1.07. The number of hydrogen-bond acceptors (Lipinski definition) is 5. The van der Waals surface area contributed by atoms with Gasteiger partial charge in [-0.2, -0.15) is 13.2 Å². The Hall–Kier alpha value is -2.65. The van der Waals surface area contributed by atoms with Gasteiger partial charge in [0.15, 0.2) is 0 Å². The van der Waals surface area contributed by atoms with Gasteiger partial charge in [0.05, 0.1) is 6.61 Å². The number of carbonyl (C=O) groups excluding carboxylic acids is 1. The van der Waals surface area contributed by atoms with Gasteiger partial charge >= 0.3 is 6.18 Å². The van der Waals surface area contributed by atoms with E-state index in [0.29, 0.717) is 18.7 Å². The van der Waals surface area contributed by atoms with Crippen LogP contribution in [0.3, 0.4) is 0 Å². The average Bonchev–Trinajstić information content (AvgIpc) is 3.15. The van der Waals surface area contributed by atoms with Gasteiger partial charge in [-0.05, 0) is 29.8 Å². The zero-order valence-electron chi connectivity index (χ0n) is 13.6. The number of aromatic nitrogens is 1. The molecule has 1 fully saturated rings. The number of benzene rings is 1. The van der Waals surface area contributed by atoms with E-state index in [9.17, 15) is 18.0 Å². The van der Waals surface area contributed by atoms with Crippen LogP contribution in [0.25, 0.3) is 0 Å². The average molecular weight is 367 g/mol. The molecular formula is C17H16F3N3O3. The van der Waals surface area contributed by atoms with Crippen molar-refractivity contribution in [2.24, 2.45) is 5.73 Å². The highest BCUT2D eigenvalue weighted by Crippen LogP contribution is 2.31. The van der Waals surface area contributed by atoms with Crippen molar-refractivity contribution in [1.29, 1.82) is 0 Å². The van der Waals surface area contributed by atoms with Crippen LogP contribution in [0.15, 0.2) is 36.4 Å². The van der Waals surface area contributed by atoms with E-state index in [1.165, 1.54) is 23.1 Å². The first-order valence-electron chi connectivity index (χ1n) is 7.80. The lowest BCUT2D eigenvalue weighted by Gasteiger charge is -2.14. The van der Waals surface area contributed by atoms with Crippen molar-refractivity contribution in [3.05, 3.63) is 53.2 Å². The highest BCUT2D eigenvalue weighted by molar-refractivity contribution is 5.94. The van der Waals surface area contributed by atoms with Crippen molar-refractivity contribution in [1.82, 2.24) is 9.88 Å². The van der Waals surface area contributed by atoms with Crippen molar-refractivity contribution < 1.29 is 27.4 Å². The van der Waals surface area contributed by atoms with E-state index in [-0.39, 0.29) is 36.4 Å². The standard InChI is InChI=1S/C17H16F3N3O3/c18-17(19,20)14-6-11(9-21)7-15(22-14)26-13-3-1-2-12(8-13)16(24)23-4-5-25-10-23/h1-3,6-8H,4-5,9-10,21H2. The van der Waals surface area contributed by atoms with Crippen molar-refractivity contribution >= 4 is 5.91 Å². The third kappa shape index (κ3) is 4.12. The molecule has 26 heavy (non-hydrogen) atoms. The topological polar surface area (TPSA) is 77.7 Å². The van der Waals surface area contributed by atoms with Crippen molar-refractivity contribution in [3.8, 4) is 11.6 Å². The van der Waals surface area contributed by atoms with Crippen LogP contribution in [0.4, 0.5) is 13.2 Å². The number of nitrogens with two attached hydrogens (primary N) is 1. The molecule has 0 aliphatic carbocycles. The van der Waals surface area contributed by atoms with Crippen LogP contribution in [0.2, 0.25) is 0 Å². The molecule has 6 nitrogen and oxygen atoms in total. The summed E-state index contributed by atoms with van der Waals surface area (Å²) in [5.74, 6) is -0.285. The number of nitrogens with zero attached hydrogens (tertiary/aromatic N) is 2. The van der Waals surface area contributed by atoms with E-state index in [4.69, 9.17) is 15.2 Å². The summed E-state index contributed by atoms with van der Waals surface area (Å²) in [6, 6.07) is 8.36. The molecule has 9 heteroatoms. The Bertz CT molecular complexity index is 805. The van der Waals surface area contributed by atoms with Crippen LogP contribution in [-0.2, 0) is 17.5 Å². The molecule has 1 aliphatic heterocycles. The van der Waals surface area contributed by atoms with Gasteiger partial charge < -0.3 is 20.1 Å². The molecule has 0 spiro atoms. The zero-order valence-corrected chi connectivity index (χ0v) is 13.6. The predicted octanol–water partition coefficient (Wildman–Crippen LogP) is 2.78. The number of carbonyl (C=O) groups is 1. The maximum absolute atomic E-state index is 12.9. The molecule has 1 amide bonds. The number of hydrogen-bond donors (Lipinski definition) is 1. The summed E-state index contributed by atoms with van der Waals surface area (Å²) in [4.78, 5) is 17.4. The van der Waals surface area contributed by atoms with Gasteiger partial charge in [-0.15, -0.1) is 0 Å². The van der Waals surface area contributed by atoms with Gasteiger partial charge in [0.1, 0.15) is 18.2 Å². The quantitative estimate of drug-likeness (QED) is 0.899. The maximum atomic E-state index is 12.9. The molecule has 1 aliphatic rings. The number of rotatable bonds is 4. The minimum atomic E-state index is -4.61. The summed E-state index contributed by atoms with van der Waals surface area (Å²) in [7, 11) is 0. The van der Waals surface area contributed by atoms with E-state index in [2.05, 4.69) is 4.98 Å². The predicted molar refractivity (Wildman–Crippen MR) is 85.5 cm³/mol.